The average molecular weight is 187 g/mol. The molecule has 3 nitrogen and oxygen atoms in total. The molecule has 0 aromatic rings. The number of aliphatic hydroxyl groups excluding tert-OH is 1. The minimum Gasteiger partial charge on any atom is -0.395 e. The molecule has 0 amide bonds. The summed E-state index contributed by atoms with van der Waals surface area (Å²) < 4.78 is 0. The summed E-state index contributed by atoms with van der Waals surface area (Å²) in [6.45, 7) is 9.92. The number of carbonyl (C=O) groups is 1. The van der Waals surface area contributed by atoms with Gasteiger partial charge in [0.05, 0.1) is 13.2 Å². The van der Waals surface area contributed by atoms with Gasteiger partial charge in [-0.25, -0.2) is 0 Å². The lowest BCUT2D eigenvalue weighted by molar-refractivity contribution is -0.118. The van der Waals surface area contributed by atoms with Crippen molar-refractivity contribution in [2.24, 2.45) is 5.41 Å². The number of Topliss-reactive ketones (excluding diaryl/α,β-unsaturated/α-hetero) is 1. The third-order valence-electron chi connectivity index (χ3n) is 1.56. The Hall–Kier alpha value is -0.410. The molecular formula is C10H21NO2. The van der Waals surface area contributed by atoms with Crippen molar-refractivity contribution < 1.29 is 9.90 Å². The molecule has 0 saturated heterocycles. The summed E-state index contributed by atoms with van der Waals surface area (Å²) in [5.74, 6) is 0.151. The second-order valence-corrected chi connectivity index (χ2v) is 4.70. The van der Waals surface area contributed by atoms with E-state index in [4.69, 9.17) is 5.11 Å². The molecule has 0 aliphatic heterocycles. The molecule has 0 aliphatic rings. The Kier molecular flexibility index (Phi) is 5.18. The normalized spacial score (nSPS) is 12.2. The van der Waals surface area contributed by atoms with Crippen molar-refractivity contribution in [3.8, 4) is 0 Å². The first kappa shape index (κ1) is 12.6. The van der Waals surface area contributed by atoms with Gasteiger partial charge in [0.15, 0.2) is 0 Å². The van der Waals surface area contributed by atoms with Gasteiger partial charge < -0.3 is 5.11 Å². The molecule has 0 saturated carbocycles. The smallest absolute Gasteiger partial charge is 0.143 e. The fourth-order valence-electron chi connectivity index (χ4n) is 1.34. The highest BCUT2D eigenvalue weighted by atomic mass is 16.3. The molecule has 0 rings (SSSR count). The van der Waals surface area contributed by atoms with E-state index in [1.165, 1.54) is 0 Å². The first-order valence-corrected chi connectivity index (χ1v) is 4.68. The highest BCUT2D eigenvalue weighted by Gasteiger charge is 2.16. The van der Waals surface area contributed by atoms with Crippen LogP contribution in [0.3, 0.4) is 0 Å². The van der Waals surface area contributed by atoms with Crippen LogP contribution >= 0.6 is 0 Å². The Labute approximate surface area is 80.7 Å². The highest BCUT2D eigenvalue weighted by Crippen LogP contribution is 2.14. The predicted octanol–water partition coefficient (Wildman–Crippen LogP) is 0.916. The molecule has 0 aromatic heterocycles. The van der Waals surface area contributed by atoms with Crippen LogP contribution in [0, 0.1) is 5.41 Å². The van der Waals surface area contributed by atoms with Gasteiger partial charge in [-0.05, 0) is 12.3 Å². The first-order chi connectivity index (χ1) is 5.85. The summed E-state index contributed by atoms with van der Waals surface area (Å²) in [5.41, 5.74) is 0.171. The number of hydrogen-bond donors (Lipinski definition) is 1. The Bertz CT molecular complexity index is 161. The van der Waals surface area contributed by atoms with E-state index in [1.54, 1.807) is 6.92 Å². The zero-order valence-electron chi connectivity index (χ0n) is 9.13. The van der Waals surface area contributed by atoms with Gasteiger partial charge in [0.2, 0.25) is 0 Å². The fourth-order valence-corrected chi connectivity index (χ4v) is 1.34. The molecule has 0 radical (unpaired) electrons. The lowest BCUT2D eigenvalue weighted by Gasteiger charge is -2.28. The van der Waals surface area contributed by atoms with Crippen molar-refractivity contribution >= 4 is 5.78 Å². The Balaban J connectivity index is 4.01. The number of ketones is 1. The van der Waals surface area contributed by atoms with Gasteiger partial charge in [0.25, 0.3) is 0 Å². The van der Waals surface area contributed by atoms with E-state index < -0.39 is 0 Å². The van der Waals surface area contributed by atoms with Gasteiger partial charge in [0, 0.05) is 13.1 Å². The van der Waals surface area contributed by atoms with Gasteiger partial charge in [-0.2, -0.15) is 0 Å². The van der Waals surface area contributed by atoms with E-state index in [0.29, 0.717) is 13.1 Å². The number of nitrogens with zero attached hydrogens (tertiary/aromatic N) is 1. The lowest BCUT2D eigenvalue weighted by atomic mass is 9.96. The number of hydrogen-bond acceptors (Lipinski definition) is 3. The van der Waals surface area contributed by atoms with Crippen molar-refractivity contribution in [2.45, 2.75) is 27.7 Å². The van der Waals surface area contributed by atoms with E-state index in [1.807, 2.05) is 4.90 Å². The zero-order valence-corrected chi connectivity index (χ0v) is 9.13. The van der Waals surface area contributed by atoms with Gasteiger partial charge in [-0.3, -0.25) is 9.69 Å². The standard InChI is InChI=1S/C10H21NO2/c1-9(13)7-11(5-6-12)8-10(2,3)4/h12H,5-8H2,1-4H3. The number of aliphatic hydroxyl groups is 1. The molecule has 13 heavy (non-hydrogen) atoms. The third-order valence-corrected chi connectivity index (χ3v) is 1.56. The summed E-state index contributed by atoms with van der Waals surface area (Å²) in [7, 11) is 0. The van der Waals surface area contributed by atoms with Gasteiger partial charge in [-0.1, -0.05) is 20.8 Å². The first-order valence-electron chi connectivity index (χ1n) is 4.68. The summed E-state index contributed by atoms with van der Waals surface area (Å²) in [5, 5.41) is 8.79. The van der Waals surface area contributed by atoms with Gasteiger partial charge in [0.1, 0.15) is 5.78 Å². The molecular weight excluding hydrogens is 166 g/mol. The molecule has 0 aliphatic carbocycles. The summed E-state index contributed by atoms with van der Waals surface area (Å²) in [6, 6.07) is 0. The van der Waals surface area contributed by atoms with Crippen LogP contribution in [0.2, 0.25) is 0 Å². The second-order valence-electron chi connectivity index (χ2n) is 4.70. The fraction of sp³-hybridized carbons (Fsp3) is 0.900. The van der Waals surface area contributed by atoms with Crippen molar-refractivity contribution in [3.05, 3.63) is 0 Å². The average Bonchev–Trinajstić information content (AvgIpc) is 1.81. The van der Waals surface area contributed by atoms with Crippen LogP contribution in [-0.4, -0.2) is 42.0 Å². The molecule has 78 valence electrons. The van der Waals surface area contributed by atoms with E-state index >= 15 is 0 Å². The summed E-state index contributed by atoms with van der Waals surface area (Å²) in [6.07, 6.45) is 0. The predicted molar refractivity (Wildman–Crippen MR) is 53.7 cm³/mol. The second kappa shape index (κ2) is 5.35. The maximum Gasteiger partial charge on any atom is 0.143 e. The van der Waals surface area contributed by atoms with Crippen LogP contribution < -0.4 is 0 Å². The summed E-state index contributed by atoms with van der Waals surface area (Å²) in [4.78, 5) is 12.9. The molecule has 0 fully saturated rings. The van der Waals surface area contributed by atoms with Gasteiger partial charge in [-0.15, -0.1) is 0 Å². The minimum absolute atomic E-state index is 0.114. The molecule has 0 atom stereocenters. The quantitative estimate of drug-likeness (QED) is 0.695. The topological polar surface area (TPSA) is 40.5 Å². The highest BCUT2D eigenvalue weighted by molar-refractivity contribution is 5.77. The minimum atomic E-state index is 0.114. The van der Waals surface area contributed by atoms with Crippen molar-refractivity contribution in [1.82, 2.24) is 4.90 Å². The molecule has 0 heterocycles. The van der Waals surface area contributed by atoms with Crippen molar-refractivity contribution in [2.75, 3.05) is 26.2 Å². The van der Waals surface area contributed by atoms with Crippen LogP contribution in [0.4, 0.5) is 0 Å². The zero-order chi connectivity index (χ0) is 10.5. The van der Waals surface area contributed by atoms with Crippen LogP contribution in [0.1, 0.15) is 27.7 Å². The molecule has 3 heteroatoms. The van der Waals surface area contributed by atoms with Crippen LogP contribution in [0.25, 0.3) is 0 Å². The molecule has 0 bridgehead atoms. The molecule has 0 unspecified atom stereocenters. The van der Waals surface area contributed by atoms with Crippen LogP contribution in [0.5, 0.6) is 0 Å². The van der Waals surface area contributed by atoms with Crippen LogP contribution in [-0.2, 0) is 4.79 Å². The Morgan fingerprint density at radius 2 is 1.92 bits per heavy atom. The van der Waals surface area contributed by atoms with E-state index in [0.717, 1.165) is 6.54 Å². The molecule has 0 spiro atoms. The van der Waals surface area contributed by atoms with E-state index in [2.05, 4.69) is 20.8 Å². The third kappa shape index (κ3) is 7.94. The maximum atomic E-state index is 10.9. The largest absolute Gasteiger partial charge is 0.395 e. The monoisotopic (exact) mass is 187 g/mol. The van der Waals surface area contributed by atoms with Crippen molar-refractivity contribution in [3.63, 3.8) is 0 Å². The lowest BCUT2D eigenvalue weighted by Crippen LogP contribution is -2.37. The van der Waals surface area contributed by atoms with E-state index in [-0.39, 0.29) is 17.8 Å². The number of carbonyl (C=O) groups excluding carboxylic acids is 1. The van der Waals surface area contributed by atoms with E-state index in [9.17, 15) is 4.79 Å². The SMILES string of the molecule is CC(=O)CN(CCO)CC(C)(C)C. The van der Waals surface area contributed by atoms with Gasteiger partial charge >= 0.3 is 0 Å². The molecule has 0 aromatic carbocycles. The summed E-state index contributed by atoms with van der Waals surface area (Å²) >= 11 is 0. The maximum absolute atomic E-state index is 10.9. The Morgan fingerprint density at radius 3 is 2.23 bits per heavy atom. The van der Waals surface area contributed by atoms with Crippen LogP contribution in [0.15, 0.2) is 0 Å². The van der Waals surface area contributed by atoms with Crippen molar-refractivity contribution in [1.29, 1.82) is 0 Å². The Morgan fingerprint density at radius 1 is 1.38 bits per heavy atom. The number of rotatable bonds is 5. The molecule has 1 N–H and O–H groups in total.